The fraction of sp³-hybridized carbons (Fsp3) is 0.371. The van der Waals surface area contributed by atoms with Crippen LogP contribution in [0.3, 0.4) is 0 Å². The lowest BCUT2D eigenvalue weighted by molar-refractivity contribution is -0.138. The zero-order chi connectivity index (χ0) is 32.5. The van der Waals surface area contributed by atoms with Crippen LogP contribution in [0.25, 0.3) is 0 Å². The molecule has 8 nitrogen and oxygen atoms in total. The van der Waals surface area contributed by atoms with E-state index in [1.165, 1.54) is 4.90 Å². The summed E-state index contributed by atoms with van der Waals surface area (Å²) in [5.74, 6) is -1.16. The van der Waals surface area contributed by atoms with Gasteiger partial charge in [0, 0.05) is 25.6 Å². The van der Waals surface area contributed by atoms with Gasteiger partial charge in [-0.25, -0.2) is 0 Å². The van der Waals surface area contributed by atoms with Crippen LogP contribution < -0.4 is 16.0 Å². The number of fused-ring (bicyclic) bond motifs is 2. The third-order valence-corrected chi connectivity index (χ3v) is 8.48. The largest absolute Gasteiger partial charge is 0.352 e. The van der Waals surface area contributed by atoms with Crippen LogP contribution in [0.15, 0.2) is 66.7 Å². The minimum absolute atomic E-state index is 0.0545. The Morgan fingerprint density at radius 2 is 1.62 bits per heavy atom. The molecule has 238 valence electrons. The molecule has 3 aromatic rings. The number of benzene rings is 3. The number of carbonyl (C=O) groups excluding carboxylic acids is 4. The Kier molecular flexibility index (Phi) is 12.0. The molecule has 3 aromatic carbocycles. The van der Waals surface area contributed by atoms with Crippen molar-refractivity contribution in [1.82, 2.24) is 20.9 Å². The number of nitrogens with zero attached hydrogens (tertiary/aromatic N) is 1. The number of aryl methyl sites for hydroxylation is 1. The lowest BCUT2D eigenvalue weighted by Crippen LogP contribution is -2.51. The van der Waals surface area contributed by atoms with Crippen LogP contribution in [0.5, 0.6) is 0 Å². The lowest BCUT2D eigenvalue weighted by atomic mass is 10.0. The molecule has 4 amide bonds. The average molecular weight is 652 g/mol. The van der Waals surface area contributed by atoms with Crippen LogP contribution in [-0.2, 0) is 45.1 Å². The summed E-state index contributed by atoms with van der Waals surface area (Å²) in [4.78, 5) is 55.5. The average Bonchev–Trinajstić information content (AvgIpc) is 2.97. The molecule has 0 unspecified atom stereocenters. The summed E-state index contributed by atoms with van der Waals surface area (Å²) < 4.78 is 0. The Balaban J connectivity index is 1.68. The highest BCUT2D eigenvalue weighted by molar-refractivity contribution is 6.42. The van der Waals surface area contributed by atoms with Crippen LogP contribution in [0.2, 0.25) is 10.0 Å². The normalized spacial score (nSPS) is 18.7. The highest BCUT2D eigenvalue weighted by atomic mass is 35.5. The Bertz CT molecular complexity index is 1540. The van der Waals surface area contributed by atoms with Gasteiger partial charge in [-0.2, -0.15) is 0 Å². The second-order valence-corrected chi connectivity index (χ2v) is 12.9. The van der Waals surface area contributed by atoms with E-state index >= 15 is 0 Å². The number of hydrogen-bond donors (Lipinski definition) is 3. The number of halogens is 2. The van der Waals surface area contributed by atoms with Gasteiger partial charge >= 0.3 is 0 Å². The van der Waals surface area contributed by atoms with Crippen molar-refractivity contribution in [2.75, 3.05) is 6.54 Å². The van der Waals surface area contributed by atoms with Gasteiger partial charge in [-0.3, -0.25) is 19.2 Å². The maximum atomic E-state index is 14.0. The minimum atomic E-state index is -0.766. The Labute approximate surface area is 274 Å². The quantitative estimate of drug-likeness (QED) is 0.343. The van der Waals surface area contributed by atoms with Crippen molar-refractivity contribution in [3.8, 4) is 0 Å². The van der Waals surface area contributed by atoms with Gasteiger partial charge in [-0.1, -0.05) is 91.6 Å². The molecule has 0 spiro atoms. The van der Waals surface area contributed by atoms with E-state index in [0.717, 1.165) is 27.8 Å². The highest BCUT2D eigenvalue weighted by Gasteiger charge is 2.27. The molecule has 0 saturated carbocycles. The summed E-state index contributed by atoms with van der Waals surface area (Å²) in [5.41, 5.74) is 4.29. The van der Waals surface area contributed by atoms with Gasteiger partial charge in [0.25, 0.3) is 0 Å². The fourth-order valence-corrected chi connectivity index (χ4v) is 5.75. The summed E-state index contributed by atoms with van der Waals surface area (Å²) in [7, 11) is 0. The number of rotatable bonds is 6. The Hall–Kier alpha value is -3.88. The zero-order valence-electron chi connectivity index (χ0n) is 25.9. The first-order chi connectivity index (χ1) is 21.5. The molecule has 3 N–H and O–H groups in total. The molecular formula is C35H40Cl2N4O4. The van der Waals surface area contributed by atoms with Gasteiger partial charge in [0.15, 0.2) is 0 Å². The third kappa shape index (κ3) is 10.3. The Morgan fingerprint density at radius 3 is 2.36 bits per heavy atom. The van der Waals surface area contributed by atoms with E-state index in [1.807, 2.05) is 75.4 Å². The van der Waals surface area contributed by atoms with E-state index in [-0.39, 0.29) is 56.1 Å². The Morgan fingerprint density at radius 1 is 0.867 bits per heavy atom. The summed E-state index contributed by atoms with van der Waals surface area (Å²) >= 11 is 12.4. The highest BCUT2D eigenvalue weighted by Crippen LogP contribution is 2.24. The minimum Gasteiger partial charge on any atom is -0.352 e. The summed E-state index contributed by atoms with van der Waals surface area (Å²) in [6, 6.07) is 19.0. The summed E-state index contributed by atoms with van der Waals surface area (Å²) in [6.45, 7) is 6.11. The van der Waals surface area contributed by atoms with E-state index in [1.54, 1.807) is 12.1 Å². The predicted octanol–water partition coefficient (Wildman–Crippen LogP) is 5.15. The van der Waals surface area contributed by atoms with E-state index in [0.29, 0.717) is 22.9 Å². The maximum Gasteiger partial charge on any atom is 0.242 e. The SMILES string of the molecule is Cc1ccccc1CN1CC(=O)N[C@H](CC(C)C)C(=O)NCc2cccc(c2)CC(=O)N[C@H](Cc2ccc(Cl)c(Cl)c2)CC1=O. The van der Waals surface area contributed by atoms with Gasteiger partial charge in [0.1, 0.15) is 6.04 Å². The molecule has 0 aliphatic carbocycles. The van der Waals surface area contributed by atoms with E-state index in [2.05, 4.69) is 16.0 Å². The van der Waals surface area contributed by atoms with Gasteiger partial charge < -0.3 is 20.9 Å². The molecule has 10 heteroatoms. The van der Waals surface area contributed by atoms with Crippen molar-refractivity contribution in [2.24, 2.45) is 5.92 Å². The molecule has 1 heterocycles. The molecule has 1 aliphatic rings. The topological polar surface area (TPSA) is 108 Å². The number of hydrogen-bond acceptors (Lipinski definition) is 4. The molecule has 0 aromatic heterocycles. The molecule has 4 rings (SSSR count). The maximum absolute atomic E-state index is 14.0. The van der Waals surface area contributed by atoms with E-state index in [4.69, 9.17) is 23.2 Å². The molecule has 0 radical (unpaired) electrons. The van der Waals surface area contributed by atoms with Crippen LogP contribution in [-0.4, -0.2) is 47.2 Å². The molecule has 2 bridgehead atoms. The van der Waals surface area contributed by atoms with Crippen molar-refractivity contribution < 1.29 is 19.2 Å². The standard InChI is InChI=1S/C35H40Cl2N4O4/c1-22(2)13-31-35(45)38-19-26-9-6-8-24(14-26)17-32(42)39-28(15-25-11-12-29(36)30(37)16-25)18-34(44)41(21-33(43)40-31)20-27-10-5-4-7-23(27)3/h4-12,14,16,22,28,31H,13,15,17-21H2,1-3H3,(H,38,45)(H,39,42)(H,40,43)/t28-,31-/m1/s1. The zero-order valence-corrected chi connectivity index (χ0v) is 27.4. The van der Waals surface area contributed by atoms with E-state index < -0.39 is 18.0 Å². The summed E-state index contributed by atoms with van der Waals surface area (Å²) in [5, 5.41) is 9.64. The van der Waals surface area contributed by atoms with Crippen molar-refractivity contribution in [2.45, 2.75) is 71.6 Å². The van der Waals surface area contributed by atoms with Crippen LogP contribution >= 0.6 is 23.2 Å². The molecule has 0 saturated heterocycles. The number of amides is 4. The molecule has 2 atom stereocenters. The van der Waals surface area contributed by atoms with Gasteiger partial charge in [-0.15, -0.1) is 0 Å². The number of carbonyl (C=O) groups is 4. The second-order valence-electron chi connectivity index (χ2n) is 12.1. The second kappa shape index (κ2) is 15.9. The lowest BCUT2D eigenvalue weighted by Gasteiger charge is -2.27. The van der Waals surface area contributed by atoms with E-state index in [9.17, 15) is 19.2 Å². The molecular weight excluding hydrogens is 611 g/mol. The summed E-state index contributed by atoms with van der Waals surface area (Å²) in [6.07, 6.45) is 0.805. The van der Waals surface area contributed by atoms with Gasteiger partial charge in [-0.05, 0) is 65.6 Å². The number of nitrogens with one attached hydrogen (secondary N) is 3. The van der Waals surface area contributed by atoms with Crippen molar-refractivity contribution in [1.29, 1.82) is 0 Å². The van der Waals surface area contributed by atoms with Crippen LogP contribution in [0, 0.1) is 12.8 Å². The smallest absolute Gasteiger partial charge is 0.242 e. The van der Waals surface area contributed by atoms with Gasteiger partial charge in [0.05, 0.1) is 23.0 Å². The monoisotopic (exact) mass is 650 g/mol. The van der Waals surface area contributed by atoms with Crippen LogP contribution in [0.1, 0.15) is 54.5 Å². The van der Waals surface area contributed by atoms with Crippen molar-refractivity contribution in [3.63, 3.8) is 0 Å². The first-order valence-corrected chi connectivity index (χ1v) is 15.9. The first-order valence-electron chi connectivity index (χ1n) is 15.2. The van der Waals surface area contributed by atoms with Gasteiger partial charge in [0.2, 0.25) is 23.6 Å². The molecule has 45 heavy (non-hydrogen) atoms. The van der Waals surface area contributed by atoms with Crippen molar-refractivity contribution in [3.05, 3.63) is 105 Å². The molecule has 0 fully saturated rings. The van der Waals surface area contributed by atoms with Crippen LogP contribution in [0.4, 0.5) is 0 Å². The molecule has 1 aliphatic heterocycles. The first kappa shape index (κ1) is 34.0. The van der Waals surface area contributed by atoms with Crippen molar-refractivity contribution >= 4 is 46.8 Å². The third-order valence-electron chi connectivity index (χ3n) is 7.74. The predicted molar refractivity (Wildman–Crippen MR) is 177 cm³/mol. The fourth-order valence-electron chi connectivity index (χ4n) is 5.43.